The highest BCUT2D eigenvalue weighted by atomic mass is 16.6. The molecule has 0 fully saturated rings. The summed E-state index contributed by atoms with van der Waals surface area (Å²) in [5.74, 6) is 0. The summed E-state index contributed by atoms with van der Waals surface area (Å²) < 4.78 is 26.2. The van der Waals surface area contributed by atoms with Crippen molar-refractivity contribution in [2.75, 3.05) is 72.6 Å². The Kier molecular flexibility index (Phi) is 39.5. The Morgan fingerprint density at radius 2 is 0.818 bits per heavy atom. The van der Waals surface area contributed by atoms with Crippen LogP contribution >= 0.6 is 0 Å². The molecule has 0 aliphatic heterocycles. The molecule has 0 amide bonds. The van der Waals surface area contributed by atoms with Crippen molar-refractivity contribution in [1.29, 1.82) is 0 Å². The molecule has 0 unspecified atom stereocenters. The minimum absolute atomic E-state index is 0. The number of nitrogens with two attached hydrogens (primary N) is 1. The second-order valence-corrected chi connectivity index (χ2v) is 3.44. The van der Waals surface area contributed by atoms with E-state index in [4.69, 9.17) is 29.4 Å². The van der Waals surface area contributed by atoms with Crippen LogP contribution in [0.3, 0.4) is 0 Å². The van der Waals surface area contributed by atoms with Gasteiger partial charge < -0.3 is 29.4 Å². The van der Waals surface area contributed by atoms with Gasteiger partial charge in [-0.05, 0) is 6.92 Å². The number of rotatable bonds is 15. The molecule has 0 atom stereocenters. The molecule has 0 bridgehead atoms. The van der Waals surface area contributed by atoms with Crippen LogP contribution in [0.4, 0.5) is 0 Å². The highest BCUT2D eigenvalue weighted by Crippen LogP contribution is 1.83. The molecular weight excluding hydrogens is 286 g/mol. The summed E-state index contributed by atoms with van der Waals surface area (Å²) >= 11 is 0. The molecular formula is C16H41NO5. The summed E-state index contributed by atoms with van der Waals surface area (Å²) in [6, 6.07) is 0. The lowest BCUT2D eigenvalue weighted by molar-refractivity contribution is -0.00967. The van der Waals surface area contributed by atoms with Crippen LogP contribution in [0, 0.1) is 0 Å². The van der Waals surface area contributed by atoms with Crippen molar-refractivity contribution in [3.05, 3.63) is 0 Å². The lowest BCUT2D eigenvalue weighted by atomic mass is 10.7. The third-order valence-electron chi connectivity index (χ3n) is 1.95. The molecule has 0 aromatic heterocycles. The van der Waals surface area contributed by atoms with E-state index < -0.39 is 0 Å². The van der Waals surface area contributed by atoms with Gasteiger partial charge in [0.15, 0.2) is 0 Å². The molecule has 22 heavy (non-hydrogen) atoms. The first-order chi connectivity index (χ1) is 10.9. The fourth-order valence-electron chi connectivity index (χ4n) is 1.11. The molecule has 6 heteroatoms. The summed E-state index contributed by atoms with van der Waals surface area (Å²) in [6.07, 6.45) is 0. The van der Waals surface area contributed by atoms with Crippen molar-refractivity contribution in [3.63, 3.8) is 0 Å². The van der Waals surface area contributed by atoms with Gasteiger partial charge in [-0.1, -0.05) is 27.7 Å². The molecule has 0 rings (SSSR count). The molecule has 2 N–H and O–H groups in total. The van der Waals surface area contributed by atoms with E-state index in [1.807, 2.05) is 34.6 Å². The van der Waals surface area contributed by atoms with E-state index in [1.54, 1.807) is 0 Å². The quantitative estimate of drug-likeness (QED) is 0.466. The van der Waals surface area contributed by atoms with Crippen molar-refractivity contribution in [3.8, 4) is 0 Å². The zero-order valence-electron chi connectivity index (χ0n) is 15.4. The molecule has 0 aromatic carbocycles. The van der Waals surface area contributed by atoms with E-state index in [2.05, 4.69) is 0 Å². The zero-order valence-corrected chi connectivity index (χ0v) is 15.4. The van der Waals surface area contributed by atoms with Crippen LogP contribution in [0.2, 0.25) is 0 Å². The summed E-state index contributed by atoms with van der Waals surface area (Å²) in [5.41, 5.74) is 5.27. The van der Waals surface area contributed by atoms with Crippen LogP contribution in [0.25, 0.3) is 0 Å². The van der Waals surface area contributed by atoms with Crippen LogP contribution in [0.5, 0.6) is 0 Å². The smallest absolute Gasteiger partial charge is 0.0701 e. The van der Waals surface area contributed by atoms with Gasteiger partial charge in [-0.3, -0.25) is 0 Å². The minimum Gasteiger partial charge on any atom is -0.379 e. The fraction of sp³-hybridized carbons (Fsp3) is 1.00. The molecule has 0 radical (unpaired) electrons. The third kappa shape index (κ3) is 31.9. The standard InChI is InChI=1S/C12H27NO5.2C2H6.H2/c1-2-14-5-6-16-9-10-18-12-11-17-8-7-15-4-3-13;2*1-2;/h2-13H2,1H3;2*1-2H3;1H. The molecule has 0 aliphatic carbocycles. The van der Waals surface area contributed by atoms with Crippen molar-refractivity contribution in [2.24, 2.45) is 5.73 Å². The Labute approximate surface area is 139 Å². The minimum atomic E-state index is 0. The maximum Gasteiger partial charge on any atom is 0.0701 e. The van der Waals surface area contributed by atoms with Crippen LogP contribution < -0.4 is 5.73 Å². The summed E-state index contributed by atoms with van der Waals surface area (Å²) in [6.45, 7) is 16.6. The summed E-state index contributed by atoms with van der Waals surface area (Å²) in [5, 5.41) is 0. The summed E-state index contributed by atoms with van der Waals surface area (Å²) in [4.78, 5) is 0. The second-order valence-electron chi connectivity index (χ2n) is 3.44. The van der Waals surface area contributed by atoms with Gasteiger partial charge in [0, 0.05) is 14.6 Å². The second kappa shape index (κ2) is 32.6. The van der Waals surface area contributed by atoms with Crippen LogP contribution in [0.15, 0.2) is 0 Å². The third-order valence-corrected chi connectivity index (χ3v) is 1.95. The van der Waals surface area contributed by atoms with E-state index in [9.17, 15) is 0 Å². The van der Waals surface area contributed by atoms with Gasteiger partial charge in [-0.15, -0.1) is 0 Å². The normalized spacial score (nSPS) is 9.55. The maximum atomic E-state index is 5.32. The van der Waals surface area contributed by atoms with Crippen molar-refractivity contribution in [1.82, 2.24) is 0 Å². The first-order valence-corrected chi connectivity index (χ1v) is 8.50. The van der Waals surface area contributed by atoms with Gasteiger partial charge in [-0.25, -0.2) is 0 Å². The monoisotopic (exact) mass is 327 g/mol. The lowest BCUT2D eigenvalue weighted by Gasteiger charge is -2.07. The number of ether oxygens (including phenoxy) is 5. The highest BCUT2D eigenvalue weighted by molar-refractivity contribution is 4.36. The van der Waals surface area contributed by atoms with Crippen molar-refractivity contribution in [2.45, 2.75) is 34.6 Å². The Balaban J connectivity index is -0.000000332. The Morgan fingerprint density at radius 3 is 1.09 bits per heavy atom. The van der Waals surface area contributed by atoms with E-state index in [0.29, 0.717) is 66.0 Å². The largest absolute Gasteiger partial charge is 0.379 e. The maximum absolute atomic E-state index is 5.32. The predicted octanol–water partition coefficient (Wildman–Crippen LogP) is 2.35. The van der Waals surface area contributed by atoms with E-state index in [-0.39, 0.29) is 1.43 Å². The van der Waals surface area contributed by atoms with Gasteiger partial charge in [0.2, 0.25) is 0 Å². The van der Waals surface area contributed by atoms with Gasteiger partial charge in [0.05, 0.1) is 59.5 Å². The van der Waals surface area contributed by atoms with Gasteiger partial charge >= 0.3 is 0 Å². The highest BCUT2D eigenvalue weighted by Gasteiger charge is 1.92. The van der Waals surface area contributed by atoms with E-state index in [1.165, 1.54) is 0 Å². The van der Waals surface area contributed by atoms with Crippen LogP contribution in [-0.2, 0) is 23.7 Å². The van der Waals surface area contributed by atoms with Crippen LogP contribution in [-0.4, -0.2) is 72.6 Å². The molecule has 0 saturated carbocycles. The lowest BCUT2D eigenvalue weighted by Crippen LogP contribution is -2.14. The molecule has 140 valence electrons. The molecule has 0 aromatic rings. The van der Waals surface area contributed by atoms with E-state index in [0.717, 1.165) is 6.61 Å². The first-order valence-electron chi connectivity index (χ1n) is 8.50. The number of hydrogen-bond acceptors (Lipinski definition) is 6. The zero-order chi connectivity index (χ0) is 17.3. The molecule has 0 spiro atoms. The predicted molar refractivity (Wildman–Crippen MR) is 93.6 cm³/mol. The first kappa shape index (κ1) is 26.6. The van der Waals surface area contributed by atoms with Gasteiger partial charge in [0.1, 0.15) is 0 Å². The van der Waals surface area contributed by atoms with E-state index >= 15 is 0 Å². The molecule has 0 aliphatic rings. The summed E-state index contributed by atoms with van der Waals surface area (Å²) in [7, 11) is 0. The van der Waals surface area contributed by atoms with Gasteiger partial charge in [-0.2, -0.15) is 0 Å². The molecule has 0 saturated heterocycles. The molecule has 6 nitrogen and oxygen atoms in total. The average molecular weight is 328 g/mol. The van der Waals surface area contributed by atoms with Gasteiger partial charge in [0.25, 0.3) is 0 Å². The average Bonchev–Trinajstić information content (AvgIpc) is 2.59. The SMILES string of the molecule is CC.CC.CCOCCOCCOCCOCCOCCN.[HH]. The van der Waals surface area contributed by atoms with Crippen LogP contribution in [0.1, 0.15) is 36.0 Å². The number of hydrogen-bond donors (Lipinski definition) is 1. The molecule has 0 heterocycles. The topological polar surface area (TPSA) is 72.2 Å². The van der Waals surface area contributed by atoms with Crippen molar-refractivity contribution < 1.29 is 25.1 Å². The fourth-order valence-corrected chi connectivity index (χ4v) is 1.11. The van der Waals surface area contributed by atoms with Crippen molar-refractivity contribution >= 4 is 0 Å². The Hall–Kier alpha value is -0.240. The Morgan fingerprint density at radius 1 is 0.545 bits per heavy atom. The Bertz CT molecular complexity index is 140.